The number of carbonyl (C=O) groups is 2. The van der Waals surface area contributed by atoms with Crippen molar-refractivity contribution in [2.75, 3.05) is 23.3 Å². The van der Waals surface area contributed by atoms with Gasteiger partial charge in [-0.15, -0.1) is 11.3 Å². The third-order valence-electron chi connectivity index (χ3n) is 5.50. The Kier molecular flexibility index (Phi) is 7.62. The van der Waals surface area contributed by atoms with Crippen molar-refractivity contribution in [1.29, 1.82) is 0 Å². The topological polar surface area (TPSA) is 74.3 Å². The minimum Gasteiger partial charge on any atom is -0.371 e. The number of amides is 2. The fourth-order valence-corrected chi connectivity index (χ4v) is 5.07. The lowest BCUT2D eigenvalue weighted by atomic mass is 10.2. The van der Waals surface area contributed by atoms with E-state index in [9.17, 15) is 9.59 Å². The molecule has 0 aliphatic carbocycles. The van der Waals surface area contributed by atoms with Crippen molar-refractivity contribution < 1.29 is 9.59 Å². The zero-order valence-corrected chi connectivity index (χ0v) is 20.1. The Bertz CT molecular complexity index is 1130. The molecule has 8 heteroatoms. The predicted molar refractivity (Wildman–Crippen MR) is 135 cm³/mol. The molecule has 2 aromatic carbocycles. The Hall–Kier alpha value is -2.90. The van der Waals surface area contributed by atoms with E-state index in [2.05, 4.69) is 26.6 Å². The molecule has 0 radical (unpaired) electrons. The van der Waals surface area contributed by atoms with Crippen molar-refractivity contribution in [1.82, 2.24) is 10.3 Å². The SMILES string of the molecule is CC(CC(=O)Nc1cccc(N2CCCC2)c1)NC(=O)Cc1csc(-c2ccccc2Cl)n1. The Morgan fingerprint density at radius 2 is 1.91 bits per heavy atom. The molecule has 172 valence electrons. The maximum absolute atomic E-state index is 12.5. The molecule has 1 saturated heterocycles. The van der Waals surface area contributed by atoms with Crippen LogP contribution < -0.4 is 15.5 Å². The van der Waals surface area contributed by atoms with E-state index in [0.29, 0.717) is 10.7 Å². The maximum Gasteiger partial charge on any atom is 0.226 e. The zero-order valence-electron chi connectivity index (χ0n) is 18.5. The van der Waals surface area contributed by atoms with E-state index in [1.165, 1.54) is 24.2 Å². The second-order valence-corrected chi connectivity index (χ2v) is 9.53. The summed E-state index contributed by atoms with van der Waals surface area (Å²) in [5, 5.41) is 9.12. The second kappa shape index (κ2) is 10.8. The molecule has 1 unspecified atom stereocenters. The molecule has 1 aliphatic rings. The quantitative estimate of drug-likeness (QED) is 0.466. The van der Waals surface area contributed by atoms with Crippen molar-refractivity contribution in [3.8, 4) is 10.6 Å². The molecule has 3 aromatic rings. The first-order valence-corrected chi connectivity index (χ1v) is 12.4. The van der Waals surface area contributed by atoms with Crippen molar-refractivity contribution in [3.05, 3.63) is 64.6 Å². The summed E-state index contributed by atoms with van der Waals surface area (Å²) in [5.74, 6) is -0.293. The summed E-state index contributed by atoms with van der Waals surface area (Å²) in [6.45, 7) is 3.94. The van der Waals surface area contributed by atoms with Gasteiger partial charge in [0, 0.05) is 47.9 Å². The smallest absolute Gasteiger partial charge is 0.226 e. The van der Waals surface area contributed by atoms with Crippen LogP contribution in [0.2, 0.25) is 5.02 Å². The van der Waals surface area contributed by atoms with Gasteiger partial charge in [-0.1, -0.05) is 35.9 Å². The highest BCUT2D eigenvalue weighted by atomic mass is 35.5. The predicted octanol–water partition coefficient (Wildman–Crippen LogP) is 5.14. The molecule has 0 saturated carbocycles. The molecular formula is C25H27ClN4O2S. The average Bonchev–Trinajstić information content (AvgIpc) is 3.46. The normalized spacial score (nSPS) is 14.2. The van der Waals surface area contributed by atoms with E-state index in [4.69, 9.17) is 11.6 Å². The standard InChI is InChI=1S/C25H27ClN4O2S/c1-17(13-23(31)28-18-7-6-8-20(14-18)30-11-4-5-12-30)27-24(32)15-19-16-33-25(29-19)21-9-2-3-10-22(21)26/h2-3,6-10,14,16-17H,4-5,11-13,15H2,1H3,(H,27,32)(H,28,31). The number of benzene rings is 2. The highest BCUT2D eigenvalue weighted by molar-refractivity contribution is 7.13. The number of hydrogen-bond donors (Lipinski definition) is 2. The summed E-state index contributed by atoms with van der Waals surface area (Å²) in [6.07, 6.45) is 2.76. The van der Waals surface area contributed by atoms with E-state index in [0.717, 1.165) is 35.0 Å². The number of carbonyl (C=O) groups excluding carboxylic acids is 2. The van der Waals surface area contributed by atoms with E-state index >= 15 is 0 Å². The van der Waals surface area contributed by atoms with Crippen molar-refractivity contribution in [2.45, 2.75) is 38.6 Å². The molecule has 1 aromatic heterocycles. The van der Waals surface area contributed by atoms with E-state index < -0.39 is 0 Å². The summed E-state index contributed by atoms with van der Waals surface area (Å²) in [7, 11) is 0. The number of halogens is 1. The first-order valence-electron chi connectivity index (χ1n) is 11.1. The van der Waals surface area contributed by atoms with Crippen molar-refractivity contribution in [3.63, 3.8) is 0 Å². The van der Waals surface area contributed by atoms with E-state index in [-0.39, 0.29) is 30.7 Å². The third-order valence-corrected chi connectivity index (χ3v) is 6.75. The number of hydrogen-bond acceptors (Lipinski definition) is 5. The number of rotatable bonds is 8. The van der Waals surface area contributed by atoms with Crippen LogP contribution in [0.4, 0.5) is 11.4 Å². The van der Waals surface area contributed by atoms with Crippen LogP contribution in [-0.4, -0.2) is 35.9 Å². The minimum atomic E-state index is -0.291. The number of nitrogens with one attached hydrogen (secondary N) is 2. The number of thiazole rings is 1. The van der Waals surface area contributed by atoms with Gasteiger partial charge in [-0.3, -0.25) is 9.59 Å². The highest BCUT2D eigenvalue weighted by Crippen LogP contribution is 2.30. The van der Waals surface area contributed by atoms with Crippen LogP contribution in [0.1, 0.15) is 31.9 Å². The van der Waals surface area contributed by atoms with E-state index in [1.807, 2.05) is 54.8 Å². The van der Waals surface area contributed by atoms with Gasteiger partial charge < -0.3 is 15.5 Å². The lowest BCUT2D eigenvalue weighted by Crippen LogP contribution is -2.36. The maximum atomic E-state index is 12.5. The molecule has 1 atom stereocenters. The van der Waals surface area contributed by atoms with Crippen molar-refractivity contribution >= 4 is 46.1 Å². The molecule has 2 N–H and O–H groups in total. The molecular weight excluding hydrogens is 456 g/mol. The van der Waals surface area contributed by atoms with Crippen LogP contribution in [-0.2, 0) is 16.0 Å². The van der Waals surface area contributed by atoms with Crippen LogP contribution in [0.25, 0.3) is 10.6 Å². The molecule has 4 rings (SSSR count). The van der Waals surface area contributed by atoms with Gasteiger partial charge in [0.2, 0.25) is 11.8 Å². The molecule has 6 nitrogen and oxygen atoms in total. The molecule has 2 heterocycles. The Balaban J connectivity index is 1.26. The lowest BCUT2D eigenvalue weighted by Gasteiger charge is -2.19. The van der Waals surface area contributed by atoms with Gasteiger partial charge in [0.1, 0.15) is 5.01 Å². The summed E-state index contributed by atoms with van der Waals surface area (Å²) < 4.78 is 0. The second-order valence-electron chi connectivity index (χ2n) is 8.27. The summed E-state index contributed by atoms with van der Waals surface area (Å²) in [4.78, 5) is 31.8. The molecule has 33 heavy (non-hydrogen) atoms. The summed E-state index contributed by atoms with van der Waals surface area (Å²) in [5.41, 5.74) is 3.45. The first-order chi connectivity index (χ1) is 16.0. The Morgan fingerprint density at radius 3 is 2.70 bits per heavy atom. The number of aromatic nitrogens is 1. The largest absolute Gasteiger partial charge is 0.371 e. The average molecular weight is 483 g/mol. The molecule has 1 fully saturated rings. The monoisotopic (exact) mass is 482 g/mol. The number of anilines is 2. The Morgan fingerprint density at radius 1 is 1.12 bits per heavy atom. The minimum absolute atomic E-state index is 0.129. The zero-order chi connectivity index (χ0) is 23.2. The summed E-state index contributed by atoms with van der Waals surface area (Å²) in [6, 6.07) is 15.1. The fraction of sp³-hybridized carbons (Fsp3) is 0.320. The highest BCUT2D eigenvalue weighted by Gasteiger charge is 2.16. The number of nitrogens with zero attached hydrogens (tertiary/aromatic N) is 2. The van der Waals surface area contributed by atoms with Crippen LogP contribution in [0.3, 0.4) is 0 Å². The van der Waals surface area contributed by atoms with Crippen molar-refractivity contribution in [2.24, 2.45) is 0 Å². The van der Waals surface area contributed by atoms with Crippen LogP contribution in [0.5, 0.6) is 0 Å². The van der Waals surface area contributed by atoms with Gasteiger partial charge in [-0.2, -0.15) is 0 Å². The Labute approximate surface area is 203 Å². The molecule has 2 amide bonds. The van der Waals surface area contributed by atoms with Crippen LogP contribution in [0, 0.1) is 0 Å². The summed E-state index contributed by atoms with van der Waals surface area (Å²) >= 11 is 7.69. The van der Waals surface area contributed by atoms with Gasteiger partial charge >= 0.3 is 0 Å². The van der Waals surface area contributed by atoms with E-state index in [1.54, 1.807) is 0 Å². The fourth-order valence-electron chi connectivity index (χ4n) is 3.93. The van der Waals surface area contributed by atoms with Gasteiger partial charge in [-0.05, 0) is 44.0 Å². The van der Waals surface area contributed by atoms with Gasteiger partial charge in [-0.25, -0.2) is 4.98 Å². The molecule has 1 aliphatic heterocycles. The first kappa shape index (κ1) is 23.3. The van der Waals surface area contributed by atoms with Gasteiger partial charge in [0.05, 0.1) is 17.1 Å². The van der Waals surface area contributed by atoms with Gasteiger partial charge in [0.25, 0.3) is 0 Å². The molecule has 0 spiro atoms. The van der Waals surface area contributed by atoms with Gasteiger partial charge in [0.15, 0.2) is 0 Å². The van der Waals surface area contributed by atoms with Crippen LogP contribution >= 0.6 is 22.9 Å². The lowest BCUT2D eigenvalue weighted by molar-refractivity contribution is -0.121. The third kappa shape index (κ3) is 6.33. The van der Waals surface area contributed by atoms with Crippen LogP contribution in [0.15, 0.2) is 53.9 Å². The molecule has 0 bridgehead atoms.